The highest BCUT2D eigenvalue weighted by atomic mass is 19.1. The van der Waals surface area contributed by atoms with E-state index in [2.05, 4.69) is 4.74 Å². The molecule has 0 unspecified atom stereocenters. The minimum absolute atomic E-state index is 0.172. The Kier molecular flexibility index (Phi) is 4.76. The zero-order valence-corrected chi connectivity index (χ0v) is 9.33. The highest BCUT2D eigenvalue weighted by Crippen LogP contribution is 2.14. The second kappa shape index (κ2) is 6.10. The van der Waals surface area contributed by atoms with Crippen molar-refractivity contribution in [3.63, 3.8) is 0 Å². The van der Waals surface area contributed by atoms with E-state index < -0.39 is 5.82 Å². The molecule has 0 fully saturated rings. The van der Waals surface area contributed by atoms with E-state index in [-0.39, 0.29) is 11.7 Å². The largest absolute Gasteiger partial charge is 0.469 e. The molecular weight excluding hydrogens is 209 g/mol. The molecule has 0 amide bonds. The summed E-state index contributed by atoms with van der Waals surface area (Å²) in [5.41, 5.74) is 6.61. The quantitative estimate of drug-likeness (QED) is 0.475. The van der Waals surface area contributed by atoms with Crippen LogP contribution < -0.4 is 5.73 Å². The maximum Gasteiger partial charge on any atom is 0.305 e. The van der Waals surface area contributed by atoms with E-state index in [1.807, 2.05) is 0 Å². The molecule has 3 nitrogen and oxygen atoms in total. The zero-order chi connectivity index (χ0) is 12.0. The van der Waals surface area contributed by atoms with Gasteiger partial charge in [0.2, 0.25) is 0 Å². The van der Waals surface area contributed by atoms with Crippen molar-refractivity contribution in [2.75, 3.05) is 12.8 Å². The normalized spacial score (nSPS) is 10.1. The Morgan fingerprint density at radius 3 is 2.81 bits per heavy atom. The number of hydrogen-bond acceptors (Lipinski definition) is 3. The van der Waals surface area contributed by atoms with Gasteiger partial charge < -0.3 is 10.5 Å². The minimum Gasteiger partial charge on any atom is -0.469 e. The molecule has 0 spiro atoms. The fourth-order valence-corrected chi connectivity index (χ4v) is 1.45. The van der Waals surface area contributed by atoms with Crippen molar-refractivity contribution in [3.05, 3.63) is 29.6 Å². The number of carbonyl (C=O) groups is 1. The molecule has 1 aromatic rings. The van der Waals surface area contributed by atoms with Crippen molar-refractivity contribution in [2.24, 2.45) is 0 Å². The Labute approximate surface area is 94.4 Å². The van der Waals surface area contributed by atoms with Crippen LogP contribution in [0.4, 0.5) is 10.1 Å². The molecule has 0 aliphatic heterocycles. The van der Waals surface area contributed by atoms with Crippen LogP contribution in [-0.2, 0) is 16.0 Å². The highest BCUT2D eigenvalue weighted by Gasteiger charge is 2.02. The molecule has 0 heterocycles. The number of unbranched alkanes of at least 4 members (excludes halogenated alkanes) is 1. The van der Waals surface area contributed by atoms with Crippen LogP contribution in [0.5, 0.6) is 0 Å². The molecule has 1 aromatic carbocycles. The Hall–Kier alpha value is -1.58. The summed E-state index contributed by atoms with van der Waals surface area (Å²) in [6.07, 6.45) is 2.85. The first-order valence-corrected chi connectivity index (χ1v) is 5.24. The van der Waals surface area contributed by atoms with Crippen LogP contribution in [0.3, 0.4) is 0 Å². The van der Waals surface area contributed by atoms with E-state index >= 15 is 0 Å². The fraction of sp³-hybridized carbons (Fsp3) is 0.417. The summed E-state index contributed by atoms with van der Waals surface area (Å²) in [4.78, 5) is 10.8. The number of esters is 1. The van der Waals surface area contributed by atoms with Crippen LogP contribution >= 0.6 is 0 Å². The van der Waals surface area contributed by atoms with Crippen LogP contribution in [0.2, 0.25) is 0 Å². The van der Waals surface area contributed by atoms with E-state index in [4.69, 9.17) is 5.73 Å². The smallest absolute Gasteiger partial charge is 0.305 e. The summed E-state index contributed by atoms with van der Waals surface area (Å²) in [6.45, 7) is 0. The second-order valence-electron chi connectivity index (χ2n) is 3.64. The number of methoxy groups -OCH3 is 1. The monoisotopic (exact) mass is 225 g/mol. The molecule has 88 valence electrons. The topological polar surface area (TPSA) is 52.3 Å². The first kappa shape index (κ1) is 12.5. The summed E-state index contributed by atoms with van der Waals surface area (Å²) < 4.78 is 17.4. The van der Waals surface area contributed by atoms with E-state index in [1.54, 1.807) is 12.1 Å². The molecule has 0 aliphatic rings. The predicted octanol–water partition coefficient (Wildman–Crippen LogP) is 2.29. The molecule has 0 radical (unpaired) electrons. The third kappa shape index (κ3) is 3.88. The van der Waals surface area contributed by atoms with Gasteiger partial charge in [-0.2, -0.15) is 0 Å². The first-order chi connectivity index (χ1) is 7.63. The second-order valence-corrected chi connectivity index (χ2v) is 3.64. The first-order valence-electron chi connectivity index (χ1n) is 5.24. The molecule has 16 heavy (non-hydrogen) atoms. The SMILES string of the molecule is COC(=O)CCCCc1ccc(F)c(N)c1. The lowest BCUT2D eigenvalue weighted by molar-refractivity contribution is -0.140. The molecule has 2 N–H and O–H groups in total. The molecule has 0 saturated heterocycles. The molecule has 0 bridgehead atoms. The van der Waals surface area contributed by atoms with Gasteiger partial charge >= 0.3 is 5.97 Å². The van der Waals surface area contributed by atoms with Crippen LogP contribution in [-0.4, -0.2) is 13.1 Å². The minimum atomic E-state index is -0.390. The Morgan fingerprint density at radius 2 is 2.19 bits per heavy atom. The molecule has 0 atom stereocenters. The van der Waals surface area contributed by atoms with Gasteiger partial charge in [0.1, 0.15) is 5.82 Å². The van der Waals surface area contributed by atoms with Crippen molar-refractivity contribution < 1.29 is 13.9 Å². The molecule has 0 saturated carbocycles. The predicted molar refractivity (Wildman–Crippen MR) is 60.4 cm³/mol. The number of aryl methyl sites for hydroxylation is 1. The summed E-state index contributed by atoms with van der Waals surface area (Å²) in [5.74, 6) is -0.586. The Balaban J connectivity index is 2.32. The maximum atomic E-state index is 12.9. The average Bonchev–Trinajstić information content (AvgIpc) is 2.28. The fourth-order valence-electron chi connectivity index (χ4n) is 1.45. The van der Waals surface area contributed by atoms with E-state index in [0.29, 0.717) is 6.42 Å². The standard InChI is InChI=1S/C12H16FNO2/c1-16-12(15)5-3-2-4-9-6-7-10(13)11(14)8-9/h6-8H,2-5,14H2,1H3. The third-order valence-corrected chi connectivity index (χ3v) is 2.38. The van der Waals surface area contributed by atoms with Crippen molar-refractivity contribution in [2.45, 2.75) is 25.7 Å². The number of anilines is 1. The number of ether oxygens (including phenoxy) is 1. The lowest BCUT2D eigenvalue weighted by Gasteiger charge is -2.03. The van der Waals surface area contributed by atoms with Gasteiger partial charge in [0.15, 0.2) is 0 Å². The van der Waals surface area contributed by atoms with Crippen LogP contribution in [0.25, 0.3) is 0 Å². The maximum absolute atomic E-state index is 12.9. The number of benzene rings is 1. The van der Waals surface area contributed by atoms with Crippen molar-refractivity contribution in [1.82, 2.24) is 0 Å². The molecular formula is C12H16FNO2. The number of halogens is 1. The van der Waals surface area contributed by atoms with Gasteiger partial charge in [0.05, 0.1) is 12.8 Å². The van der Waals surface area contributed by atoms with E-state index in [0.717, 1.165) is 24.8 Å². The van der Waals surface area contributed by atoms with Crippen molar-refractivity contribution in [1.29, 1.82) is 0 Å². The lowest BCUT2D eigenvalue weighted by Crippen LogP contribution is -2.00. The van der Waals surface area contributed by atoms with Gasteiger partial charge in [-0.25, -0.2) is 4.39 Å². The highest BCUT2D eigenvalue weighted by molar-refractivity contribution is 5.68. The summed E-state index contributed by atoms with van der Waals surface area (Å²) in [7, 11) is 1.38. The van der Waals surface area contributed by atoms with Gasteiger partial charge in [-0.3, -0.25) is 4.79 Å². The number of hydrogen-bond donors (Lipinski definition) is 1. The van der Waals surface area contributed by atoms with Gasteiger partial charge in [0.25, 0.3) is 0 Å². The van der Waals surface area contributed by atoms with Gasteiger partial charge in [-0.1, -0.05) is 6.07 Å². The van der Waals surface area contributed by atoms with Gasteiger partial charge in [0, 0.05) is 6.42 Å². The average molecular weight is 225 g/mol. The molecule has 0 aliphatic carbocycles. The van der Waals surface area contributed by atoms with Crippen LogP contribution in [0.15, 0.2) is 18.2 Å². The number of carbonyl (C=O) groups excluding carboxylic acids is 1. The van der Waals surface area contributed by atoms with Crippen LogP contribution in [0, 0.1) is 5.82 Å². The number of nitrogen functional groups attached to an aromatic ring is 1. The van der Waals surface area contributed by atoms with Crippen molar-refractivity contribution >= 4 is 11.7 Å². The van der Waals surface area contributed by atoms with Gasteiger partial charge in [-0.05, 0) is 37.0 Å². The summed E-state index contributed by atoms with van der Waals surface area (Å²) in [5, 5.41) is 0. The van der Waals surface area contributed by atoms with Crippen LogP contribution in [0.1, 0.15) is 24.8 Å². The van der Waals surface area contributed by atoms with Gasteiger partial charge in [-0.15, -0.1) is 0 Å². The van der Waals surface area contributed by atoms with E-state index in [1.165, 1.54) is 13.2 Å². The zero-order valence-electron chi connectivity index (χ0n) is 9.33. The lowest BCUT2D eigenvalue weighted by atomic mass is 10.1. The van der Waals surface area contributed by atoms with Crippen molar-refractivity contribution in [3.8, 4) is 0 Å². The third-order valence-electron chi connectivity index (χ3n) is 2.38. The van der Waals surface area contributed by atoms with E-state index in [9.17, 15) is 9.18 Å². The number of nitrogens with two attached hydrogens (primary N) is 1. The summed E-state index contributed by atoms with van der Waals surface area (Å²) in [6, 6.07) is 4.71. The number of rotatable bonds is 5. The molecule has 1 rings (SSSR count). The molecule has 0 aromatic heterocycles. The Bertz CT molecular complexity index is 366. The molecule has 4 heteroatoms. The Morgan fingerprint density at radius 1 is 1.44 bits per heavy atom. The summed E-state index contributed by atoms with van der Waals surface area (Å²) >= 11 is 0.